The SMILES string of the molecule is O=C(O)c1nnn(-c2ccc(F)cc2)c1C1CC1. The number of aromatic carboxylic acids is 1. The fourth-order valence-electron chi connectivity index (χ4n) is 1.94. The maximum absolute atomic E-state index is 12.9. The van der Waals surface area contributed by atoms with Crippen molar-refractivity contribution in [3.63, 3.8) is 0 Å². The van der Waals surface area contributed by atoms with Gasteiger partial charge >= 0.3 is 5.97 Å². The molecule has 0 spiro atoms. The molecule has 1 heterocycles. The van der Waals surface area contributed by atoms with Gasteiger partial charge in [0.2, 0.25) is 0 Å². The third-order valence-corrected chi connectivity index (χ3v) is 2.94. The summed E-state index contributed by atoms with van der Waals surface area (Å²) in [6.45, 7) is 0. The molecule has 3 rings (SSSR count). The molecule has 0 aliphatic heterocycles. The molecule has 1 aromatic heterocycles. The Kier molecular flexibility index (Phi) is 2.36. The van der Waals surface area contributed by atoms with Crippen LogP contribution in [0.15, 0.2) is 24.3 Å². The Hall–Kier alpha value is -2.24. The second kappa shape index (κ2) is 3.90. The van der Waals surface area contributed by atoms with Crippen LogP contribution in [0.4, 0.5) is 4.39 Å². The van der Waals surface area contributed by atoms with Gasteiger partial charge in [-0.2, -0.15) is 0 Å². The van der Waals surface area contributed by atoms with E-state index in [9.17, 15) is 9.18 Å². The van der Waals surface area contributed by atoms with Crippen LogP contribution in [0.2, 0.25) is 0 Å². The average molecular weight is 247 g/mol. The Bertz CT molecular complexity index is 602. The number of rotatable bonds is 3. The van der Waals surface area contributed by atoms with E-state index < -0.39 is 5.97 Å². The molecule has 1 aromatic carbocycles. The first-order valence-corrected chi connectivity index (χ1v) is 5.61. The molecule has 1 aliphatic rings. The first kappa shape index (κ1) is 10.9. The number of carboxylic acids is 1. The molecule has 1 aliphatic carbocycles. The van der Waals surface area contributed by atoms with Crippen LogP contribution in [0, 0.1) is 5.82 Å². The van der Waals surface area contributed by atoms with Crippen molar-refractivity contribution in [2.45, 2.75) is 18.8 Å². The molecule has 0 radical (unpaired) electrons. The van der Waals surface area contributed by atoms with Gasteiger partial charge in [-0.15, -0.1) is 5.10 Å². The Labute approximate surface area is 102 Å². The number of halogens is 1. The Morgan fingerprint density at radius 1 is 1.33 bits per heavy atom. The molecule has 1 N–H and O–H groups in total. The van der Waals surface area contributed by atoms with Crippen molar-refractivity contribution in [2.75, 3.05) is 0 Å². The maximum atomic E-state index is 12.9. The highest BCUT2D eigenvalue weighted by Crippen LogP contribution is 2.41. The molecule has 5 nitrogen and oxygen atoms in total. The molecular weight excluding hydrogens is 237 g/mol. The van der Waals surface area contributed by atoms with Crippen molar-refractivity contribution in [1.29, 1.82) is 0 Å². The van der Waals surface area contributed by atoms with Gasteiger partial charge in [-0.3, -0.25) is 0 Å². The quantitative estimate of drug-likeness (QED) is 0.900. The fourth-order valence-corrected chi connectivity index (χ4v) is 1.94. The Morgan fingerprint density at radius 2 is 2.00 bits per heavy atom. The summed E-state index contributed by atoms with van der Waals surface area (Å²) in [5.74, 6) is -1.23. The first-order chi connectivity index (χ1) is 8.66. The second-order valence-electron chi connectivity index (χ2n) is 4.29. The summed E-state index contributed by atoms with van der Waals surface area (Å²) in [6.07, 6.45) is 1.88. The van der Waals surface area contributed by atoms with Gasteiger partial charge in [0.25, 0.3) is 0 Å². The summed E-state index contributed by atoms with van der Waals surface area (Å²) in [5.41, 5.74) is 1.22. The third kappa shape index (κ3) is 1.75. The summed E-state index contributed by atoms with van der Waals surface area (Å²) >= 11 is 0. The van der Waals surface area contributed by atoms with Crippen molar-refractivity contribution < 1.29 is 14.3 Å². The number of carbonyl (C=O) groups is 1. The highest BCUT2D eigenvalue weighted by molar-refractivity contribution is 5.87. The minimum atomic E-state index is -1.08. The monoisotopic (exact) mass is 247 g/mol. The van der Waals surface area contributed by atoms with Crippen molar-refractivity contribution in [3.8, 4) is 5.69 Å². The summed E-state index contributed by atoms with van der Waals surface area (Å²) in [6, 6.07) is 5.74. The largest absolute Gasteiger partial charge is 0.476 e. The fraction of sp³-hybridized carbons (Fsp3) is 0.250. The van der Waals surface area contributed by atoms with Crippen LogP contribution in [-0.2, 0) is 0 Å². The number of benzene rings is 1. The van der Waals surface area contributed by atoms with Gasteiger partial charge in [0.15, 0.2) is 5.69 Å². The third-order valence-electron chi connectivity index (χ3n) is 2.94. The highest BCUT2D eigenvalue weighted by atomic mass is 19.1. The van der Waals surface area contributed by atoms with E-state index in [2.05, 4.69) is 10.3 Å². The summed E-state index contributed by atoms with van der Waals surface area (Å²) < 4.78 is 14.4. The van der Waals surface area contributed by atoms with E-state index in [1.54, 1.807) is 12.1 Å². The van der Waals surface area contributed by atoms with Gasteiger partial charge < -0.3 is 5.11 Å². The molecule has 0 unspecified atom stereocenters. The lowest BCUT2D eigenvalue weighted by molar-refractivity contribution is 0.0689. The first-order valence-electron chi connectivity index (χ1n) is 5.61. The van der Waals surface area contributed by atoms with Gasteiger partial charge in [-0.1, -0.05) is 5.21 Å². The van der Waals surface area contributed by atoms with E-state index >= 15 is 0 Å². The van der Waals surface area contributed by atoms with E-state index in [1.807, 2.05) is 0 Å². The standard InChI is InChI=1S/C12H10FN3O2/c13-8-3-5-9(6-4-8)16-11(7-1-2-7)10(12(17)18)14-15-16/h3-7H,1-2H2,(H,17,18). The molecule has 18 heavy (non-hydrogen) atoms. The van der Waals surface area contributed by atoms with E-state index in [-0.39, 0.29) is 17.4 Å². The number of carboxylic acid groups (broad SMARTS) is 1. The predicted octanol–water partition coefficient (Wildman–Crippen LogP) is 1.98. The van der Waals surface area contributed by atoms with Gasteiger partial charge in [-0.05, 0) is 37.1 Å². The maximum Gasteiger partial charge on any atom is 0.358 e. The normalized spacial score (nSPS) is 14.7. The van der Waals surface area contributed by atoms with Crippen molar-refractivity contribution in [3.05, 3.63) is 41.5 Å². The molecular formula is C12H10FN3O2. The molecule has 1 saturated carbocycles. The molecule has 0 amide bonds. The Morgan fingerprint density at radius 3 is 2.56 bits per heavy atom. The molecule has 6 heteroatoms. The Balaban J connectivity index is 2.11. The summed E-state index contributed by atoms with van der Waals surface area (Å²) in [7, 11) is 0. The highest BCUT2D eigenvalue weighted by Gasteiger charge is 2.34. The molecule has 1 fully saturated rings. The zero-order chi connectivity index (χ0) is 12.7. The average Bonchev–Trinajstić information content (AvgIpc) is 3.09. The lowest BCUT2D eigenvalue weighted by Crippen LogP contribution is -2.05. The van der Waals surface area contributed by atoms with Crippen LogP contribution in [0.25, 0.3) is 5.69 Å². The van der Waals surface area contributed by atoms with Gasteiger partial charge in [0.05, 0.1) is 11.4 Å². The van der Waals surface area contributed by atoms with Gasteiger partial charge in [0, 0.05) is 5.92 Å². The summed E-state index contributed by atoms with van der Waals surface area (Å²) in [4.78, 5) is 11.1. The number of nitrogens with zero attached hydrogens (tertiary/aromatic N) is 3. The minimum Gasteiger partial charge on any atom is -0.476 e. The van der Waals surface area contributed by atoms with Gasteiger partial charge in [0.1, 0.15) is 5.82 Å². The number of aromatic nitrogens is 3. The number of hydrogen-bond acceptors (Lipinski definition) is 3. The van der Waals surface area contributed by atoms with Crippen LogP contribution in [-0.4, -0.2) is 26.1 Å². The molecule has 2 aromatic rings. The van der Waals surface area contributed by atoms with E-state index in [1.165, 1.54) is 16.8 Å². The summed E-state index contributed by atoms with van der Waals surface area (Å²) in [5, 5.41) is 16.6. The molecule has 0 bridgehead atoms. The van der Waals surface area contributed by atoms with E-state index in [0.29, 0.717) is 11.4 Å². The van der Waals surface area contributed by atoms with E-state index in [0.717, 1.165) is 12.8 Å². The molecule has 0 saturated heterocycles. The number of hydrogen-bond donors (Lipinski definition) is 1. The van der Waals surface area contributed by atoms with Crippen LogP contribution in [0.3, 0.4) is 0 Å². The minimum absolute atomic E-state index is 0.0122. The van der Waals surface area contributed by atoms with Crippen molar-refractivity contribution in [2.24, 2.45) is 0 Å². The van der Waals surface area contributed by atoms with Crippen LogP contribution < -0.4 is 0 Å². The smallest absolute Gasteiger partial charge is 0.358 e. The lowest BCUT2D eigenvalue weighted by Gasteiger charge is -2.05. The van der Waals surface area contributed by atoms with Crippen molar-refractivity contribution in [1.82, 2.24) is 15.0 Å². The second-order valence-corrected chi connectivity index (χ2v) is 4.29. The lowest BCUT2D eigenvalue weighted by atomic mass is 10.2. The zero-order valence-electron chi connectivity index (χ0n) is 9.38. The van der Waals surface area contributed by atoms with E-state index in [4.69, 9.17) is 5.11 Å². The predicted molar refractivity (Wildman–Crippen MR) is 60.3 cm³/mol. The topological polar surface area (TPSA) is 68.0 Å². The van der Waals surface area contributed by atoms with Crippen LogP contribution in [0.5, 0.6) is 0 Å². The van der Waals surface area contributed by atoms with Crippen LogP contribution in [0.1, 0.15) is 34.9 Å². The molecule has 92 valence electrons. The van der Waals surface area contributed by atoms with Crippen LogP contribution >= 0.6 is 0 Å². The zero-order valence-corrected chi connectivity index (χ0v) is 9.38. The van der Waals surface area contributed by atoms with Gasteiger partial charge in [-0.25, -0.2) is 13.9 Å². The molecule has 0 atom stereocenters. The van der Waals surface area contributed by atoms with Crippen molar-refractivity contribution >= 4 is 5.97 Å².